The van der Waals surface area contributed by atoms with Gasteiger partial charge in [-0.3, -0.25) is 4.40 Å². The number of nitrogens with zero attached hydrogens (tertiary/aromatic N) is 3. The molecule has 2 heterocycles. The van der Waals surface area contributed by atoms with Crippen LogP contribution in [0.25, 0.3) is 5.65 Å². The standard InChI is InChI=1S/C11H16N4/c1-3-10-13-14-11-6-9(8(2)7-12)4-5-15(10)11/h4-6,8H,3,7,12H2,1-2H3. The van der Waals surface area contributed by atoms with Crippen molar-refractivity contribution < 1.29 is 0 Å². The lowest BCUT2D eigenvalue weighted by atomic mass is 10.0. The molecule has 1 atom stereocenters. The Morgan fingerprint density at radius 1 is 1.47 bits per heavy atom. The van der Waals surface area contributed by atoms with Gasteiger partial charge in [0.1, 0.15) is 5.82 Å². The van der Waals surface area contributed by atoms with Crippen LogP contribution >= 0.6 is 0 Å². The molecule has 1 unspecified atom stereocenters. The third-order valence-electron chi connectivity index (χ3n) is 2.74. The highest BCUT2D eigenvalue weighted by molar-refractivity contribution is 5.42. The molecule has 0 aliphatic heterocycles. The fourth-order valence-electron chi connectivity index (χ4n) is 1.64. The molecule has 2 aromatic rings. The van der Waals surface area contributed by atoms with Gasteiger partial charge < -0.3 is 5.73 Å². The van der Waals surface area contributed by atoms with E-state index in [1.165, 1.54) is 5.56 Å². The van der Waals surface area contributed by atoms with E-state index in [0.717, 1.165) is 17.9 Å². The molecule has 0 spiro atoms. The number of pyridine rings is 1. The zero-order chi connectivity index (χ0) is 10.8. The average molecular weight is 204 g/mol. The third kappa shape index (κ3) is 1.72. The molecule has 2 rings (SSSR count). The van der Waals surface area contributed by atoms with E-state index in [1.54, 1.807) is 0 Å². The Balaban J connectivity index is 2.48. The van der Waals surface area contributed by atoms with Crippen LogP contribution in [0.5, 0.6) is 0 Å². The van der Waals surface area contributed by atoms with Crippen LogP contribution in [-0.4, -0.2) is 21.1 Å². The van der Waals surface area contributed by atoms with Crippen LogP contribution in [0.3, 0.4) is 0 Å². The summed E-state index contributed by atoms with van der Waals surface area (Å²) in [5, 5.41) is 8.26. The van der Waals surface area contributed by atoms with Crippen molar-refractivity contribution in [3.05, 3.63) is 29.7 Å². The van der Waals surface area contributed by atoms with Gasteiger partial charge in [0.05, 0.1) is 0 Å². The van der Waals surface area contributed by atoms with Crippen LogP contribution in [0.2, 0.25) is 0 Å². The Hall–Kier alpha value is -1.42. The summed E-state index contributed by atoms with van der Waals surface area (Å²) >= 11 is 0. The van der Waals surface area contributed by atoms with Crippen molar-refractivity contribution in [2.75, 3.05) is 6.54 Å². The predicted octanol–water partition coefficient (Wildman–Crippen LogP) is 1.35. The second kappa shape index (κ2) is 3.98. The summed E-state index contributed by atoms with van der Waals surface area (Å²) in [6.45, 7) is 4.85. The quantitative estimate of drug-likeness (QED) is 0.821. The molecule has 2 aromatic heterocycles. The Bertz CT molecular complexity index is 461. The SMILES string of the molecule is CCc1nnc2cc(C(C)CN)ccn12. The number of nitrogens with two attached hydrogens (primary N) is 1. The average Bonchev–Trinajstić information content (AvgIpc) is 2.69. The first-order valence-electron chi connectivity index (χ1n) is 5.30. The molecule has 0 amide bonds. The molecule has 15 heavy (non-hydrogen) atoms. The molecule has 0 saturated heterocycles. The maximum Gasteiger partial charge on any atom is 0.161 e. The topological polar surface area (TPSA) is 56.2 Å². The second-order valence-corrected chi connectivity index (χ2v) is 3.79. The Morgan fingerprint density at radius 2 is 2.27 bits per heavy atom. The molecule has 0 aliphatic rings. The minimum absolute atomic E-state index is 0.372. The number of fused-ring (bicyclic) bond motifs is 1. The van der Waals surface area contributed by atoms with Crippen molar-refractivity contribution in [1.82, 2.24) is 14.6 Å². The summed E-state index contributed by atoms with van der Waals surface area (Å²) in [5.41, 5.74) is 7.77. The molecular formula is C11H16N4. The molecule has 2 N–H and O–H groups in total. The normalized spacial score (nSPS) is 13.3. The van der Waals surface area contributed by atoms with Crippen molar-refractivity contribution >= 4 is 5.65 Å². The third-order valence-corrected chi connectivity index (χ3v) is 2.74. The smallest absolute Gasteiger partial charge is 0.161 e. The van der Waals surface area contributed by atoms with Gasteiger partial charge >= 0.3 is 0 Å². The van der Waals surface area contributed by atoms with Gasteiger partial charge in [0.25, 0.3) is 0 Å². The Kier molecular flexibility index (Phi) is 2.68. The summed E-state index contributed by atoms with van der Waals surface area (Å²) in [5.74, 6) is 1.37. The molecule has 0 radical (unpaired) electrons. The first-order chi connectivity index (χ1) is 7.26. The summed E-state index contributed by atoms with van der Waals surface area (Å²) in [6, 6.07) is 4.15. The van der Waals surface area contributed by atoms with Crippen LogP contribution in [-0.2, 0) is 6.42 Å². The summed E-state index contributed by atoms with van der Waals surface area (Å²) < 4.78 is 2.02. The number of aromatic nitrogens is 3. The van der Waals surface area contributed by atoms with Crippen molar-refractivity contribution in [2.24, 2.45) is 5.73 Å². The van der Waals surface area contributed by atoms with Gasteiger partial charge in [-0.1, -0.05) is 13.8 Å². The fourth-order valence-corrected chi connectivity index (χ4v) is 1.64. The Morgan fingerprint density at radius 3 is 2.93 bits per heavy atom. The van der Waals surface area contributed by atoms with Gasteiger partial charge in [0.2, 0.25) is 0 Å². The van der Waals surface area contributed by atoms with Crippen molar-refractivity contribution in [1.29, 1.82) is 0 Å². The maximum absolute atomic E-state index is 5.64. The molecule has 80 valence electrons. The van der Waals surface area contributed by atoms with Gasteiger partial charge in [-0.2, -0.15) is 0 Å². The molecule has 4 heteroatoms. The van der Waals surface area contributed by atoms with Crippen molar-refractivity contribution in [3.63, 3.8) is 0 Å². The molecular weight excluding hydrogens is 188 g/mol. The van der Waals surface area contributed by atoms with E-state index in [0.29, 0.717) is 12.5 Å². The van der Waals surface area contributed by atoms with Crippen LogP contribution < -0.4 is 5.73 Å². The lowest BCUT2D eigenvalue weighted by molar-refractivity contribution is 0.772. The molecule has 0 bridgehead atoms. The first kappa shape index (κ1) is 10.1. The highest BCUT2D eigenvalue weighted by Crippen LogP contribution is 2.15. The van der Waals surface area contributed by atoms with Crippen LogP contribution in [0, 0.1) is 0 Å². The van der Waals surface area contributed by atoms with Gasteiger partial charge in [-0.15, -0.1) is 10.2 Å². The molecule has 0 aliphatic carbocycles. The van der Waals surface area contributed by atoms with Gasteiger partial charge in [-0.05, 0) is 30.2 Å². The molecule has 4 nitrogen and oxygen atoms in total. The summed E-state index contributed by atoms with van der Waals surface area (Å²) in [7, 11) is 0. The summed E-state index contributed by atoms with van der Waals surface area (Å²) in [6.07, 6.45) is 2.92. The minimum atomic E-state index is 0.372. The highest BCUT2D eigenvalue weighted by Gasteiger charge is 2.07. The molecule has 0 fully saturated rings. The van der Waals surface area contributed by atoms with E-state index in [2.05, 4.69) is 36.2 Å². The van der Waals surface area contributed by atoms with Crippen LogP contribution in [0.4, 0.5) is 0 Å². The monoisotopic (exact) mass is 204 g/mol. The van der Waals surface area contributed by atoms with Crippen LogP contribution in [0.15, 0.2) is 18.3 Å². The largest absolute Gasteiger partial charge is 0.330 e. The lowest BCUT2D eigenvalue weighted by Gasteiger charge is -2.08. The van der Waals surface area contributed by atoms with E-state index in [1.807, 2.05) is 10.6 Å². The predicted molar refractivity (Wildman–Crippen MR) is 59.8 cm³/mol. The number of rotatable bonds is 3. The lowest BCUT2D eigenvalue weighted by Crippen LogP contribution is -2.09. The molecule has 0 aromatic carbocycles. The van der Waals surface area contributed by atoms with E-state index in [9.17, 15) is 0 Å². The number of hydrogen-bond acceptors (Lipinski definition) is 3. The zero-order valence-electron chi connectivity index (χ0n) is 9.14. The van der Waals surface area contributed by atoms with E-state index in [4.69, 9.17) is 5.73 Å². The van der Waals surface area contributed by atoms with Gasteiger partial charge in [0, 0.05) is 12.6 Å². The summed E-state index contributed by atoms with van der Waals surface area (Å²) in [4.78, 5) is 0. The highest BCUT2D eigenvalue weighted by atomic mass is 15.2. The molecule has 0 saturated carbocycles. The van der Waals surface area contributed by atoms with Crippen molar-refractivity contribution in [2.45, 2.75) is 26.2 Å². The van der Waals surface area contributed by atoms with E-state index < -0.39 is 0 Å². The zero-order valence-corrected chi connectivity index (χ0v) is 9.14. The first-order valence-corrected chi connectivity index (χ1v) is 5.30. The van der Waals surface area contributed by atoms with E-state index >= 15 is 0 Å². The number of aryl methyl sites for hydroxylation is 1. The minimum Gasteiger partial charge on any atom is -0.330 e. The Labute approximate surface area is 89.1 Å². The van der Waals surface area contributed by atoms with Gasteiger partial charge in [-0.25, -0.2) is 0 Å². The number of hydrogen-bond donors (Lipinski definition) is 1. The van der Waals surface area contributed by atoms with Crippen LogP contribution in [0.1, 0.15) is 31.2 Å². The van der Waals surface area contributed by atoms with Gasteiger partial charge in [0.15, 0.2) is 5.65 Å². The maximum atomic E-state index is 5.64. The fraction of sp³-hybridized carbons (Fsp3) is 0.455. The van der Waals surface area contributed by atoms with E-state index in [-0.39, 0.29) is 0 Å². The second-order valence-electron chi connectivity index (χ2n) is 3.79. The van der Waals surface area contributed by atoms with Crippen molar-refractivity contribution in [3.8, 4) is 0 Å².